The Balaban J connectivity index is 1.64. The first kappa shape index (κ1) is 29.3. The molecule has 0 amide bonds. The average molecular weight is 578 g/mol. The van der Waals surface area contributed by atoms with E-state index in [4.69, 9.17) is 32.7 Å². The maximum Gasteiger partial charge on any atom is 0.419 e. The number of fused-ring (bicyclic) bond motifs is 2. The van der Waals surface area contributed by atoms with Crippen LogP contribution < -0.4 is 0 Å². The van der Waals surface area contributed by atoms with Gasteiger partial charge < -0.3 is 9.47 Å². The first-order valence-electron chi connectivity index (χ1n) is 12.7. The molecule has 0 aromatic heterocycles. The number of benzene rings is 4. The summed E-state index contributed by atoms with van der Waals surface area (Å²) in [6, 6.07) is 27.0. The summed E-state index contributed by atoms with van der Waals surface area (Å²) in [6.45, 7) is 0.762. The molecule has 4 rings (SSSR count). The van der Waals surface area contributed by atoms with Gasteiger partial charge in [0.25, 0.3) is 0 Å². The molecule has 0 aliphatic carbocycles. The number of esters is 2. The lowest BCUT2D eigenvalue weighted by Crippen LogP contribution is -2.35. The van der Waals surface area contributed by atoms with Crippen LogP contribution in [0, 0.1) is 0 Å². The van der Waals surface area contributed by atoms with Crippen LogP contribution in [-0.2, 0) is 19.1 Å². The van der Waals surface area contributed by atoms with E-state index in [1.807, 2.05) is 84.9 Å². The van der Waals surface area contributed by atoms with Gasteiger partial charge in [-0.3, -0.25) is 9.80 Å². The molecule has 0 spiro atoms. The fourth-order valence-electron chi connectivity index (χ4n) is 4.62. The van der Waals surface area contributed by atoms with E-state index in [9.17, 15) is 9.59 Å². The summed E-state index contributed by atoms with van der Waals surface area (Å²) in [7, 11) is 3.57. The van der Waals surface area contributed by atoms with Crippen molar-refractivity contribution in [2.24, 2.45) is 0 Å². The second-order valence-electron chi connectivity index (χ2n) is 9.25. The highest BCUT2D eigenvalue weighted by molar-refractivity contribution is 6.29. The minimum atomic E-state index is -1.11. The van der Waals surface area contributed by atoms with Gasteiger partial charge in [-0.1, -0.05) is 120 Å². The minimum Gasteiger partial charge on any atom is -0.434 e. The number of ether oxygens (including phenoxy) is 2. The van der Waals surface area contributed by atoms with Crippen molar-refractivity contribution in [2.45, 2.75) is 12.5 Å². The summed E-state index contributed by atoms with van der Waals surface area (Å²) in [6.07, 6.45) is 1.71. The van der Waals surface area contributed by atoms with Crippen molar-refractivity contribution >= 4 is 56.7 Å². The zero-order chi connectivity index (χ0) is 28.5. The molecular formula is C32H30Cl2N2O4. The van der Waals surface area contributed by atoms with Crippen molar-refractivity contribution in [1.29, 1.82) is 0 Å². The first-order valence-corrected chi connectivity index (χ1v) is 13.6. The molecule has 0 aliphatic rings. The molecular weight excluding hydrogens is 547 g/mol. The van der Waals surface area contributed by atoms with Crippen LogP contribution >= 0.6 is 23.2 Å². The minimum absolute atomic E-state index is 0.381. The Hall–Kier alpha value is -3.68. The molecule has 0 heterocycles. The summed E-state index contributed by atoms with van der Waals surface area (Å²) in [4.78, 5) is 30.1. The highest BCUT2D eigenvalue weighted by atomic mass is 35.5. The molecule has 2 atom stereocenters. The van der Waals surface area contributed by atoms with Crippen molar-refractivity contribution in [2.75, 3.05) is 27.2 Å². The highest BCUT2D eigenvalue weighted by Crippen LogP contribution is 2.31. The lowest BCUT2D eigenvalue weighted by molar-refractivity contribution is -0.184. The average Bonchev–Trinajstić information content (AvgIpc) is 2.99. The van der Waals surface area contributed by atoms with Crippen molar-refractivity contribution in [3.63, 3.8) is 0 Å². The van der Waals surface area contributed by atoms with Gasteiger partial charge >= 0.3 is 11.9 Å². The van der Waals surface area contributed by atoms with Gasteiger partial charge in [-0.25, -0.2) is 9.59 Å². The van der Waals surface area contributed by atoms with Gasteiger partial charge in [0.2, 0.25) is 0 Å². The third-order valence-corrected chi connectivity index (χ3v) is 6.90. The molecule has 4 aromatic rings. The normalized spacial score (nSPS) is 13.4. The van der Waals surface area contributed by atoms with Crippen molar-refractivity contribution < 1.29 is 19.1 Å². The molecule has 40 heavy (non-hydrogen) atoms. The first-order chi connectivity index (χ1) is 19.4. The number of halogens is 2. The van der Waals surface area contributed by atoms with Crippen LogP contribution in [0.3, 0.4) is 0 Å². The van der Waals surface area contributed by atoms with Gasteiger partial charge in [0.05, 0.1) is 0 Å². The quantitative estimate of drug-likeness (QED) is 0.113. The Morgan fingerprint density at radius 3 is 1.43 bits per heavy atom. The maximum atomic E-state index is 13.3. The molecule has 8 heteroatoms. The number of rotatable bonds is 10. The zero-order valence-electron chi connectivity index (χ0n) is 22.2. The van der Waals surface area contributed by atoms with Crippen molar-refractivity contribution in [3.8, 4) is 0 Å². The van der Waals surface area contributed by atoms with Gasteiger partial charge in [-0.05, 0) is 35.6 Å². The molecule has 0 radical (unpaired) electrons. The number of carbonyl (C=O) groups excluding carboxylic acids is 2. The standard InChI is InChI=1S/C32H30Cl2N2O4/c1-35(21-9-19-33)29(27-17-7-13-23-11-3-5-15-25(23)27)39-31(37)32(38)40-30(36(2)22-10-20-34)28-18-8-14-24-12-4-6-16-26(24)28/h3-20,29-30H,21-22H2,1-2H3. The van der Waals surface area contributed by atoms with E-state index >= 15 is 0 Å². The van der Waals surface area contributed by atoms with Gasteiger partial charge in [-0.2, -0.15) is 0 Å². The Kier molecular flexibility index (Phi) is 10.3. The second kappa shape index (κ2) is 14.1. The third kappa shape index (κ3) is 6.90. The van der Waals surface area contributed by atoms with Crippen molar-refractivity contribution in [3.05, 3.63) is 119 Å². The molecule has 0 bridgehead atoms. The lowest BCUT2D eigenvalue weighted by atomic mass is 10.0. The third-order valence-electron chi connectivity index (χ3n) is 6.55. The van der Waals surface area contributed by atoms with E-state index in [0.29, 0.717) is 13.1 Å². The molecule has 6 nitrogen and oxygen atoms in total. The summed E-state index contributed by atoms with van der Waals surface area (Å²) in [5, 5.41) is 3.77. The Morgan fingerprint density at radius 1 is 0.650 bits per heavy atom. The number of hydrogen-bond acceptors (Lipinski definition) is 6. The smallest absolute Gasteiger partial charge is 0.419 e. The lowest BCUT2D eigenvalue weighted by Gasteiger charge is -2.30. The Morgan fingerprint density at radius 2 is 1.02 bits per heavy atom. The second-order valence-corrected chi connectivity index (χ2v) is 9.76. The molecule has 0 saturated heterocycles. The highest BCUT2D eigenvalue weighted by Gasteiger charge is 2.31. The molecule has 2 unspecified atom stereocenters. The fourth-order valence-corrected chi connectivity index (χ4v) is 4.78. The number of carbonyl (C=O) groups is 2. The Bertz CT molecular complexity index is 1410. The van der Waals surface area contributed by atoms with Crippen LogP contribution in [0.15, 0.2) is 108 Å². The van der Waals surface area contributed by atoms with Gasteiger partial charge in [-0.15, -0.1) is 0 Å². The van der Waals surface area contributed by atoms with Crippen molar-refractivity contribution in [1.82, 2.24) is 9.80 Å². The summed E-state index contributed by atoms with van der Waals surface area (Å²) in [5.74, 6) is -2.21. The maximum absolute atomic E-state index is 13.3. The van der Waals surface area contributed by atoms with E-state index in [1.54, 1.807) is 36.0 Å². The van der Waals surface area contributed by atoms with E-state index in [1.165, 1.54) is 11.1 Å². The monoisotopic (exact) mass is 576 g/mol. The predicted octanol–water partition coefficient (Wildman–Crippen LogP) is 7.15. The largest absolute Gasteiger partial charge is 0.434 e. The van der Waals surface area contributed by atoms with Crippen LogP contribution in [0.1, 0.15) is 23.6 Å². The van der Waals surface area contributed by atoms with E-state index in [2.05, 4.69) is 0 Å². The Labute approximate surface area is 244 Å². The topological polar surface area (TPSA) is 59.1 Å². The molecule has 0 aliphatic heterocycles. The number of hydrogen-bond donors (Lipinski definition) is 0. The van der Waals surface area contributed by atoms with Crippen LogP contribution in [0.4, 0.5) is 0 Å². The summed E-state index contributed by atoms with van der Waals surface area (Å²) < 4.78 is 11.7. The molecule has 206 valence electrons. The van der Waals surface area contributed by atoms with Gasteiger partial charge in [0, 0.05) is 35.3 Å². The van der Waals surface area contributed by atoms with Crippen LogP contribution in [0.5, 0.6) is 0 Å². The number of likely N-dealkylation sites (N-methyl/N-ethyl adjacent to an activating group) is 2. The molecule has 0 fully saturated rings. The van der Waals surface area contributed by atoms with E-state index < -0.39 is 24.4 Å². The van der Waals surface area contributed by atoms with E-state index in [-0.39, 0.29) is 0 Å². The predicted molar refractivity (Wildman–Crippen MR) is 161 cm³/mol. The zero-order valence-corrected chi connectivity index (χ0v) is 23.8. The molecule has 0 N–H and O–H groups in total. The van der Waals surface area contributed by atoms with E-state index in [0.717, 1.165) is 32.7 Å². The summed E-state index contributed by atoms with van der Waals surface area (Å²) >= 11 is 11.5. The summed E-state index contributed by atoms with van der Waals surface area (Å²) in [5.41, 5.74) is 4.26. The van der Waals surface area contributed by atoms with Crippen LogP contribution in [0.2, 0.25) is 0 Å². The molecule has 0 saturated carbocycles. The van der Waals surface area contributed by atoms with Crippen LogP contribution in [0.25, 0.3) is 21.5 Å². The SMILES string of the molecule is CN(CC=CCl)C(OC(=O)C(=O)OC(c1cccc2ccccc12)N(C)CC=CCl)c1cccc2ccccc12. The number of nitrogens with zero attached hydrogens (tertiary/aromatic N) is 2. The van der Waals surface area contributed by atoms with Crippen LogP contribution in [-0.4, -0.2) is 48.9 Å². The van der Waals surface area contributed by atoms with Gasteiger partial charge in [0.15, 0.2) is 12.5 Å². The molecule has 4 aromatic carbocycles. The van der Waals surface area contributed by atoms with Gasteiger partial charge in [0.1, 0.15) is 0 Å². The fraction of sp³-hybridized carbons (Fsp3) is 0.188.